The van der Waals surface area contributed by atoms with Gasteiger partial charge in [-0.1, -0.05) is 42.8 Å². The van der Waals surface area contributed by atoms with Gasteiger partial charge in [-0.15, -0.1) is 0 Å². The number of halogens is 3. The Hall–Kier alpha value is -3.55. The number of pyridine rings is 1. The number of alkyl halides is 3. The molecule has 0 radical (unpaired) electrons. The van der Waals surface area contributed by atoms with Gasteiger partial charge in [-0.25, -0.2) is 9.59 Å². The third kappa shape index (κ3) is 5.27. The molecule has 1 atom stereocenters. The van der Waals surface area contributed by atoms with E-state index in [-0.39, 0.29) is 12.1 Å². The molecular weight excluding hydrogens is 431 g/mol. The quantitative estimate of drug-likeness (QED) is 0.345. The van der Waals surface area contributed by atoms with Gasteiger partial charge < -0.3 is 0 Å². The van der Waals surface area contributed by atoms with E-state index in [4.69, 9.17) is 0 Å². The summed E-state index contributed by atoms with van der Waals surface area (Å²) in [5.74, 6) is -2.21. The second kappa shape index (κ2) is 9.94. The number of benzene rings is 1. The molecule has 1 aliphatic rings. The maximum absolute atomic E-state index is 13.5. The maximum Gasteiger partial charge on any atom is 0.416 e. The molecule has 0 saturated heterocycles. The smallest absolute Gasteiger partial charge is 0.264 e. The zero-order chi connectivity index (χ0) is 24.2. The van der Waals surface area contributed by atoms with E-state index in [1.165, 1.54) is 27.8 Å². The normalized spacial score (nSPS) is 17.6. The van der Waals surface area contributed by atoms with Crippen molar-refractivity contribution in [2.24, 2.45) is 4.99 Å². The van der Waals surface area contributed by atoms with Crippen LogP contribution in [-0.4, -0.2) is 24.6 Å². The molecule has 2 heterocycles. The Morgan fingerprint density at radius 1 is 1.18 bits per heavy atom. The van der Waals surface area contributed by atoms with E-state index in [2.05, 4.69) is 4.99 Å². The lowest BCUT2D eigenvalue weighted by atomic mass is 9.92. The summed E-state index contributed by atoms with van der Waals surface area (Å²) in [5, 5.41) is 0. The summed E-state index contributed by atoms with van der Waals surface area (Å²) in [6, 6.07) is 9.32. The minimum absolute atomic E-state index is 0.00373. The molecule has 0 fully saturated rings. The van der Waals surface area contributed by atoms with Crippen LogP contribution in [0.2, 0.25) is 0 Å². The number of fused-ring (bicyclic) bond motifs is 1. The van der Waals surface area contributed by atoms with Gasteiger partial charge in [-0.3, -0.25) is 4.99 Å². The van der Waals surface area contributed by atoms with Crippen LogP contribution < -0.4 is 9.47 Å². The summed E-state index contributed by atoms with van der Waals surface area (Å²) in [7, 11) is 0. The second-order valence-corrected chi connectivity index (χ2v) is 7.72. The number of anilines is 1. The average molecular weight is 456 g/mol. The highest BCUT2D eigenvalue weighted by atomic mass is 19.4. The summed E-state index contributed by atoms with van der Waals surface area (Å²) < 4.78 is 41.1. The Kier molecular flexibility index (Phi) is 7.26. The lowest BCUT2D eigenvalue weighted by molar-refractivity contribution is -0.563. The van der Waals surface area contributed by atoms with Crippen LogP contribution >= 0.6 is 0 Å². The first kappa shape index (κ1) is 24.1. The van der Waals surface area contributed by atoms with E-state index in [9.17, 15) is 22.8 Å². The van der Waals surface area contributed by atoms with Crippen LogP contribution in [0.4, 0.5) is 19.0 Å². The third-order valence-electron chi connectivity index (χ3n) is 5.46. The van der Waals surface area contributed by atoms with Crippen LogP contribution in [-0.2, 0) is 11.0 Å². The Morgan fingerprint density at radius 2 is 1.94 bits per heavy atom. The van der Waals surface area contributed by atoms with Gasteiger partial charge in [-0.2, -0.15) is 22.6 Å². The van der Waals surface area contributed by atoms with E-state index >= 15 is 0 Å². The Balaban J connectivity index is 2.02. The first-order valence-electron chi connectivity index (χ1n) is 10.5. The van der Waals surface area contributed by atoms with Crippen LogP contribution in [0.5, 0.6) is 0 Å². The highest BCUT2D eigenvalue weighted by Gasteiger charge is 2.48. The van der Waals surface area contributed by atoms with Crippen molar-refractivity contribution in [2.75, 3.05) is 11.4 Å². The number of rotatable bonds is 6. The van der Waals surface area contributed by atoms with Gasteiger partial charge in [-0.05, 0) is 38.0 Å². The van der Waals surface area contributed by atoms with Crippen LogP contribution in [0.3, 0.4) is 0 Å². The number of carbonyl (C=O) groups is 2. The number of allylic oxidation sites excluding steroid dienone is 2. The van der Waals surface area contributed by atoms with Crippen molar-refractivity contribution in [1.29, 1.82) is 0 Å². The molecule has 1 amide bonds. The average Bonchev–Trinajstić information content (AvgIpc) is 2.80. The van der Waals surface area contributed by atoms with Gasteiger partial charge in [0, 0.05) is 24.1 Å². The largest absolute Gasteiger partial charge is 0.416 e. The summed E-state index contributed by atoms with van der Waals surface area (Å²) >= 11 is 0. The molecular formula is C25H25F3N3O2+. The molecule has 33 heavy (non-hydrogen) atoms. The van der Waals surface area contributed by atoms with E-state index in [1.54, 1.807) is 43.6 Å². The molecule has 1 aromatic heterocycles. The minimum atomic E-state index is -4.58. The van der Waals surface area contributed by atoms with Gasteiger partial charge in [0.15, 0.2) is 5.92 Å². The fourth-order valence-electron chi connectivity index (χ4n) is 3.43. The Labute approximate surface area is 190 Å². The molecule has 1 aliphatic heterocycles. The highest BCUT2D eigenvalue weighted by Crippen LogP contribution is 2.33. The molecule has 5 nitrogen and oxygen atoms in total. The standard InChI is InChI=1S/C25H25F3N3O2/c1-4-17(3)14-29-15-18(5-2)16-31-21-11-6-7-12-30(21)23(32)22(24(31)33)19-9-8-10-20(13-19)25(26,27)28/h5-15,22H,4,16H2,1-3H3/q+1/b17-14+,18-5+,29-15+. The van der Waals surface area contributed by atoms with Crippen LogP contribution in [0.15, 0.2) is 77.1 Å². The zero-order valence-electron chi connectivity index (χ0n) is 18.6. The van der Waals surface area contributed by atoms with Crippen molar-refractivity contribution in [3.05, 3.63) is 83.2 Å². The lowest BCUT2D eigenvalue weighted by Crippen LogP contribution is -2.60. The number of amides is 1. The monoisotopic (exact) mass is 456 g/mol. The van der Waals surface area contributed by atoms with Gasteiger partial charge in [0.05, 0.1) is 11.8 Å². The van der Waals surface area contributed by atoms with Gasteiger partial charge >= 0.3 is 18.0 Å². The molecule has 0 saturated carbocycles. The van der Waals surface area contributed by atoms with Crippen molar-refractivity contribution in [3.8, 4) is 0 Å². The molecule has 0 aliphatic carbocycles. The molecule has 8 heteroatoms. The van der Waals surface area contributed by atoms with E-state index < -0.39 is 29.5 Å². The number of hydrogen-bond acceptors (Lipinski definition) is 3. The predicted molar refractivity (Wildman–Crippen MR) is 120 cm³/mol. The fourth-order valence-corrected chi connectivity index (χ4v) is 3.43. The van der Waals surface area contributed by atoms with Crippen LogP contribution in [0.25, 0.3) is 0 Å². The topological polar surface area (TPSA) is 53.6 Å². The Bertz CT molecular complexity index is 1150. The highest BCUT2D eigenvalue weighted by molar-refractivity contribution is 6.12. The van der Waals surface area contributed by atoms with Crippen LogP contribution in [0.1, 0.15) is 49.0 Å². The van der Waals surface area contributed by atoms with Crippen molar-refractivity contribution in [2.45, 2.75) is 39.3 Å². The van der Waals surface area contributed by atoms with Gasteiger partial charge in [0.25, 0.3) is 5.82 Å². The fraction of sp³-hybridized carbons (Fsp3) is 0.280. The second-order valence-electron chi connectivity index (χ2n) is 7.72. The molecule has 2 aromatic rings. The summed E-state index contributed by atoms with van der Waals surface area (Å²) in [6.45, 7) is 5.90. The van der Waals surface area contributed by atoms with Crippen molar-refractivity contribution >= 4 is 23.8 Å². The summed E-state index contributed by atoms with van der Waals surface area (Å²) in [5.41, 5.74) is 0.905. The number of aliphatic imine (C=N–C) groups is 1. The molecule has 1 unspecified atom stereocenters. The molecule has 1 aromatic carbocycles. The van der Waals surface area contributed by atoms with Gasteiger partial charge in [0.2, 0.25) is 0 Å². The van der Waals surface area contributed by atoms with Gasteiger partial charge in [0.1, 0.15) is 6.54 Å². The predicted octanol–water partition coefficient (Wildman–Crippen LogP) is 5.09. The number of carbonyl (C=O) groups excluding carboxylic acids is 2. The van der Waals surface area contributed by atoms with Crippen LogP contribution in [0, 0.1) is 0 Å². The lowest BCUT2D eigenvalue weighted by Gasteiger charge is -2.26. The van der Waals surface area contributed by atoms with E-state index in [0.29, 0.717) is 5.82 Å². The zero-order valence-corrected chi connectivity index (χ0v) is 18.6. The number of hydrogen-bond donors (Lipinski definition) is 0. The van der Waals surface area contributed by atoms with E-state index in [0.717, 1.165) is 29.7 Å². The number of nitrogens with zero attached hydrogens (tertiary/aromatic N) is 3. The summed E-state index contributed by atoms with van der Waals surface area (Å²) in [4.78, 5) is 32.3. The maximum atomic E-state index is 13.5. The third-order valence-corrected chi connectivity index (χ3v) is 5.46. The molecule has 0 spiro atoms. The number of aromatic nitrogens is 1. The molecule has 3 rings (SSSR count). The molecule has 0 N–H and O–H groups in total. The molecule has 172 valence electrons. The first-order chi connectivity index (χ1) is 15.7. The Morgan fingerprint density at radius 3 is 2.61 bits per heavy atom. The molecule has 0 bridgehead atoms. The SMILES string of the molecule is C\C=C(/C=N/C=C(\C)CC)CN1C(=O)C(c2cccc(C(F)(F)F)c2)C(=O)[n+]2ccccc21. The summed E-state index contributed by atoms with van der Waals surface area (Å²) in [6.07, 6.45) is 2.95. The first-order valence-corrected chi connectivity index (χ1v) is 10.5. The minimum Gasteiger partial charge on any atom is -0.264 e. The van der Waals surface area contributed by atoms with Crippen molar-refractivity contribution < 1.29 is 27.3 Å². The van der Waals surface area contributed by atoms with Crippen molar-refractivity contribution in [1.82, 2.24) is 0 Å². The van der Waals surface area contributed by atoms with Crippen molar-refractivity contribution in [3.63, 3.8) is 0 Å². The van der Waals surface area contributed by atoms with E-state index in [1.807, 2.05) is 13.8 Å².